The lowest BCUT2D eigenvalue weighted by atomic mass is 10.2. The number of ether oxygens (including phenoxy) is 2. The molecule has 20 heavy (non-hydrogen) atoms. The molecule has 0 fully saturated rings. The van der Waals surface area contributed by atoms with Crippen molar-refractivity contribution >= 4 is 11.4 Å². The largest absolute Gasteiger partial charge is 0.490 e. The van der Waals surface area contributed by atoms with Crippen LogP contribution in [0.4, 0.5) is 11.4 Å². The maximum atomic E-state index is 11.1. The van der Waals surface area contributed by atoms with E-state index < -0.39 is 4.92 Å². The van der Waals surface area contributed by atoms with Gasteiger partial charge in [0.05, 0.1) is 12.0 Å². The number of para-hydroxylation sites is 1. The monoisotopic (exact) mass is 274 g/mol. The second-order valence-electron chi connectivity index (χ2n) is 3.94. The highest BCUT2D eigenvalue weighted by Gasteiger charge is 2.22. The van der Waals surface area contributed by atoms with Gasteiger partial charge in [0.2, 0.25) is 11.5 Å². The van der Waals surface area contributed by atoms with E-state index in [9.17, 15) is 10.1 Å². The van der Waals surface area contributed by atoms with Gasteiger partial charge in [0, 0.05) is 12.7 Å². The predicted octanol–water partition coefficient (Wildman–Crippen LogP) is 3.44. The Morgan fingerprint density at radius 1 is 1.10 bits per heavy atom. The fraction of sp³-hybridized carbons (Fsp3) is 0.143. The second-order valence-corrected chi connectivity index (χ2v) is 3.94. The van der Waals surface area contributed by atoms with Crippen molar-refractivity contribution in [3.63, 3.8) is 0 Å². The van der Waals surface area contributed by atoms with Crippen molar-refractivity contribution in [3.05, 3.63) is 52.6 Å². The lowest BCUT2D eigenvalue weighted by Crippen LogP contribution is -1.97. The smallest absolute Gasteiger partial charge is 0.352 e. The van der Waals surface area contributed by atoms with Gasteiger partial charge in [0.25, 0.3) is 0 Å². The first kappa shape index (κ1) is 13.7. The van der Waals surface area contributed by atoms with Crippen LogP contribution >= 0.6 is 0 Å². The van der Waals surface area contributed by atoms with Crippen molar-refractivity contribution in [2.75, 3.05) is 19.5 Å². The molecule has 0 bridgehead atoms. The van der Waals surface area contributed by atoms with E-state index in [1.807, 2.05) is 19.2 Å². The number of hydrogen-bond acceptors (Lipinski definition) is 5. The summed E-state index contributed by atoms with van der Waals surface area (Å²) in [4.78, 5) is 10.6. The van der Waals surface area contributed by atoms with Gasteiger partial charge in [-0.05, 0) is 36.4 Å². The number of methoxy groups -OCH3 is 1. The van der Waals surface area contributed by atoms with Crippen LogP contribution in [0.2, 0.25) is 0 Å². The van der Waals surface area contributed by atoms with E-state index in [1.54, 1.807) is 18.2 Å². The molecule has 0 heterocycles. The third-order valence-corrected chi connectivity index (χ3v) is 2.74. The molecule has 0 aliphatic heterocycles. The molecule has 0 atom stereocenters. The Hall–Kier alpha value is -2.76. The Morgan fingerprint density at radius 2 is 1.75 bits per heavy atom. The number of anilines is 1. The minimum absolute atomic E-state index is 0.145. The fourth-order valence-electron chi connectivity index (χ4n) is 1.75. The molecule has 0 unspecified atom stereocenters. The Kier molecular flexibility index (Phi) is 4.05. The second kappa shape index (κ2) is 5.92. The zero-order valence-electron chi connectivity index (χ0n) is 11.1. The van der Waals surface area contributed by atoms with E-state index in [0.717, 1.165) is 5.69 Å². The van der Waals surface area contributed by atoms with E-state index in [2.05, 4.69) is 5.32 Å². The molecule has 0 aromatic heterocycles. The summed E-state index contributed by atoms with van der Waals surface area (Å²) in [7, 11) is 3.19. The minimum atomic E-state index is -0.518. The summed E-state index contributed by atoms with van der Waals surface area (Å²) in [6.07, 6.45) is 0. The van der Waals surface area contributed by atoms with Crippen LogP contribution in [0.25, 0.3) is 0 Å². The molecule has 0 radical (unpaired) electrons. The van der Waals surface area contributed by atoms with E-state index in [1.165, 1.54) is 19.2 Å². The van der Waals surface area contributed by atoms with Crippen LogP contribution in [0.3, 0.4) is 0 Å². The number of nitro benzene ring substituents is 1. The molecule has 0 spiro atoms. The van der Waals surface area contributed by atoms with Crippen molar-refractivity contribution in [2.24, 2.45) is 0 Å². The first-order valence-electron chi connectivity index (χ1n) is 5.92. The van der Waals surface area contributed by atoms with Gasteiger partial charge in [0.15, 0.2) is 0 Å². The number of hydrogen-bond donors (Lipinski definition) is 1. The molecule has 0 amide bonds. The van der Waals surface area contributed by atoms with E-state index >= 15 is 0 Å². The SMILES string of the molecule is CNc1ccc(Oc2cccc(OC)c2[N+](=O)[O-])cc1. The Morgan fingerprint density at radius 3 is 2.30 bits per heavy atom. The summed E-state index contributed by atoms with van der Waals surface area (Å²) in [5, 5.41) is 14.1. The maximum absolute atomic E-state index is 11.1. The number of nitrogens with one attached hydrogen (secondary N) is 1. The normalized spacial score (nSPS) is 9.90. The van der Waals surface area contributed by atoms with Crippen LogP contribution in [0.1, 0.15) is 0 Å². The molecule has 0 aliphatic rings. The van der Waals surface area contributed by atoms with Crippen molar-refractivity contribution in [2.45, 2.75) is 0 Å². The lowest BCUT2D eigenvalue weighted by molar-refractivity contribution is -0.386. The van der Waals surface area contributed by atoms with Gasteiger partial charge in [-0.3, -0.25) is 10.1 Å². The van der Waals surface area contributed by atoms with Gasteiger partial charge in [-0.15, -0.1) is 0 Å². The molecular weight excluding hydrogens is 260 g/mol. The molecule has 6 nitrogen and oxygen atoms in total. The number of nitrogens with zero attached hydrogens (tertiary/aromatic N) is 1. The third kappa shape index (κ3) is 2.80. The van der Waals surface area contributed by atoms with Crippen molar-refractivity contribution in [1.82, 2.24) is 0 Å². The van der Waals surface area contributed by atoms with Crippen LogP contribution in [0.15, 0.2) is 42.5 Å². The van der Waals surface area contributed by atoms with Gasteiger partial charge in [-0.25, -0.2) is 0 Å². The molecule has 0 saturated carbocycles. The first-order valence-corrected chi connectivity index (χ1v) is 5.92. The Bertz CT molecular complexity index is 611. The molecule has 2 aromatic rings. The van der Waals surface area contributed by atoms with E-state index in [0.29, 0.717) is 5.75 Å². The fourth-order valence-corrected chi connectivity index (χ4v) is 1.75. The highest BCUT2D eigenvalue weighted by molar-refractivity contribution is 5.58. The average molecular weight is 274 g/mol. The molecule has 6 heteroatoms. The van der Waals surface area contributed by atoms with Crippen LogP contribution in [0, 0.1) is 10.1 Å². The number of benzene rings is 2. The lowest BCUT2D eigenvalue weighted by Gasteiger charge is -2.09. The minimum Gasteiger partial charge on any atom is -0.490 e. The molecule has 1 N–H and O–H groups in total. The van der Waals surface area contributed by atoms with Gasteiger partial charge < -0.3 is 14.8 Å². The molecule has 0 saturated heterocycles. The highest BCUT2D eigenvalue weighted by Crippen LogP contribution is 2.38. The highest BCUT2D eigenvalue weighted by atomic mass is 16.6. The van der Waals surface area contributed by atoms with Crippen LogP contribution < -0.4 is 14.8 Å². The number of rotatable bonds is 5. The Balaban J connectivity index is 2.34. The van der Waals surface area contributed by atoms with Gasteiger partial charge in [-0.2, -0.15) is 0 Å². The maximum Gasteiger partial charge on any atom is 0.352 e. The summed E-state index contributed by atoms with van der Waals surface area (Å²) in [6, 6.07) is 11.8. The van der Waals surface area contributed by atoms with Gasteiger partial charge in [-0.1, -0.05) is 6.07 Å². The molecule has 0 aliphatic carbocycles. The first-order chi connectivity index (χ1) is 9.65. The Labute approximate surface area is 116 Å². The van der Waals surface area contributed by atoms with Crippen molar-refractivity contribution in [3.8, 4) is 17.2 Å². The summed E-state index contributed by atoms with van der Waals surface area (Å²) in [6.45, 7) is 0. The van der Waals surface area contributed by atoms with E-state index in [4.69, 9.17) is 9.47 Å². The standard InChI is InChI=1S/C14H14N2O4/c1-15-10-6-8-11(9-7-10)20-13-5-3-4-12(19-2)14(13)16(17)18/h3-9,15H,1-2H3. The molecule has 2 aromatic carbocycles. The van der Waals surface area contributed by atoms with Crippen LogP contribution in [-0.2, 0) is 0 Å². The zero-order chi connectivity index (χ0) is 14.5. The van der Waals surface area contributed by atoms with Crippen molar-refractivity contribution in [1.29, 1.82) is 0 Å². The summed E-state index contributed by atoms with van der Waals surface area (Å²) in [5.41, 5.74) is 0.741. The summed E-state index contributed by atoms with van der Waals surface area (Å²) in [5.74, 6) is 0.825. The van der Waals surface area contributed by atoms with Gasteiger partial charge >= 0.3 is 5.69 Å². The van der Waals surface area contributed by atoms with Crippen LogP contribution in [-0.4, -0.2) is 19.1 Å². The zero-order valence-corrected chi connectivity index (χ0v) is 11.1. The topological polar surface area (TPSA) is 73.6 Å². The van der Waals surface area contributed by atoms with E-state index in [-0.39, 0.29) is 17.2 Å². The predicted molar refractivity (Wildman–Crippen MR) is 75.7 cm³/mol. The quantitative estimate of drug-likeness (QED) is 0.667. The molecule has 104 valence electrons. The number of nitro groups is 1. The average Bonchev–Trinajstić information content (AvgIpc) is 2.47. The van der Waals surface area contributed by atoms with Crippen LogP contribution in [0.5, 0.6) is 17.2 Å². The molecule has 2 rings (SSSR count). The third-order valence-electron chi connectivity index (χ3n) is 2.74. The van der Waals surface area contributed by atoms with Gasteiger partial charge in [0.1, 0.15) is 5.75 Å². The van der Waals surface area contributed by atoms with Crippen molar-refractivity contribution < 1.29 is 14.4 Å². The summed E-state index contributed by atoms with van der Waals surface area (Å²) >= 11 is 0. The summed E-state index contributed by atoms with van der Waals surface area (Å²) < 4.78 is 10.6. The molecular formula is C14H14N2O4.